The zero-order chi connectivity index (χ0) is 7.90. The van der Waals surface area contributed by atoms with E-state index >= 15 is 0 Å². The first kappa shape index (κ1) is 7.39. The zero-order valence-corrected chi connectivity index (χ0v) is 7.69. The van der Waals surface area contributed by atoms with Gasteiger partial charge in [-0.25, -0.2) is 0 Å². The fraction of sp³-hybridized carbons (Fsp3) is 0.818. The lowest BCUT2D eigenvalue weighted by atomic mass is 9.68. The Kier molecular flexibility index (Phi) is 1.59. The van der Waals surface area contributed by atoms with Gasteiger partial charge in [0, 0.05) is 0 Å². The van der Waals surface area contributed by atoms with Crippen LogP contribution < -0.4 is 0 Å². The molecule has 0 spiro atoms. The van der Waals surface area contributed by atoms with Crippen LogP contribution in [-0.2, 0) is 0 Å². The van der Waals surface area contributed by atoms with E-state index in [2.05, 4.69) is 19.9 Å². The van der Waals surface area contributed by atoms with Crippen LogP contribution in [0.15, 0.2) is 11.6 Å². The molecule has 0 amide bonds. The highest BCUT2D eigenvalue weighted by Crippen LogP contribution is 2.51. The van der Waals surface area contributed by atoms with Crippen molar-refractivity contribution >= 4 is 0 Å². The third-order valence-electron chi connectivity index (χ3n) is 3.77. The zero-order valence-electron chi connectivity index (χ0n) is 7.69. The molecule has 2 aliphatic rings. The maximum absolute atomic E-state index is 2.48. The van der Waals surface area contributed by atoms with Crippen molar-refractivity contribution in [3.63, 3.8) is 0 Å². The van der Waals surface area contributed by atoms with Gasteiger partial charge < -0.3 is 0 Å². The average Bonchev–Trinajstić information content (AvgIpc) is 2.29. The van der Waals surface area contributed by atoms with Crippen LogP contribution in [0.4, 0.5) is 0 Å². The van der Waals surface area contributed by atoms with E-state index in [0.717, 1.165) is 5.92 Å². The lowest BCUT2D eigenvalue weighted by Gasteiger charge is -2.37. The lowest BCUT2D eigenvalue weighted by molar-refractivity contribution is 0.165. The van der Waals surface area contributed by atoms with Gasteiger partial charge in [0.25, 0.3) is 0 Å². The quantitative estimate of drug-likeness (QED) is 0.463. The van der Waals surface area contributed by atoms with Crippen LogP contribution in [0.1, 0.15) is 46.0 Å². The van der Waals surface area contributed by atoms with Crippen molar-refractivity contribution in [2.45, 2.75) is 46.0 Å². The molecule has 0 bridgehead atoms. The van der Waals surface area contributed by atoms with Crippen LogP contribution in [0.5, 0.6) is 0 Å². The molecule has 1 saturated carbocycles. The third-order valence-corrected chi connectivity index (χ3v) is 3.77. The first-order valence-corrected chi connectivity index (χ1v) is 4.89. The highest BCUT2D eigenvalue weighted by Gasteiger charge is 2.39. The fourth-order valence-electron chi connectivity index (χ4n) is 2.96. The molecule has 11 heavy (non-hydrogen) atoms. The smallest absolute Gasteiger partial charge is 0.0149 e. The predicted molar refractivity (Wildman–Crippen MR) is 48.4 cm³/mol. The van der Waals surface area contributed by atoms with Crippen LogP contribution in [0.2, 0.25) is 0 Å². The molecule has 0 saturated heterocycles. The molecule has 0 radical (unpaired) electrons. The summed E-state index contributed by atoms with van der Waals surface area (Å²) in [6.07, 6.45) is 9.67. The van der Waals surface area contributed by atoms with E-state index in [9.17, 15) is 0 Å². The summed E-state index contributed by atoms with van der Waals surface area (Å²) in [6.45, 7) is 4.80. The molecular weight excluding hydrogens is 132 g/mol. The minimum Gasteiger partial charge on any atom is -0.0847 e. The molecule has 0 aromatic carbocycles. The van der Waals surface area contributed by atoms with Gasteiger partial charge in [0.15, 0.2) is 0 Å². The van der Waals surface area contributed by atoms with E-state index in [1.165, 1.54) is 32.1 Å². The van der Waals surface area contributed by atoms with Gasteiger partial charge in [0.2, 0.25) is 0 Å². The molecule has 1 fully saturated rings. The molecule has 2 unspecified atom stereocenters. The molecular formula is C11H18. The maximum Gasteiger partial charge on any atom is -0.0149 e. The van der Waals surface area contributed by atoms with Crippen molar-refractivity contribution in [2.24, 2.45) is 11.3 Å². The first-order valence-electron chi connectivity index (χ1n) is 4.89. The van der Waals surface area contributed by atoms with Gasteiger partial charge in [-0.1, -0.05) is 31.4 Å². The van der Waals surface area contributed by atoms with Crippen LogP contribution in [0.3, 0.4) is 0 Å². The van der Waals surface area contributed by atoms with Gasteiger partial charge in [-0.2, -0.15) is 0 Å². The number of allylic oxidation sites excluding steroid dienone is 2. The van der Waals surface area contributed by atoms with E-state index in [0.29, 0.717) is 5.41 Å². The summed E-state index contributed by atoms with van der Waals surface area (Å²) < 4.78 is 0. The largest absolute Gasteiger partial charge is 0.0847 e. The van der Waals surface area contributed by atoms with Gasteiger partial charge in [-0.15, -0.1) is 0 Å². The Bertz CT molecular complexity index is 190. The molecule has 0 aliphatic heterocycles. The van der Waals surface area contributed by atoms with E-state index in [1.807, 2.05) is 0 Å². The minimum absolute atomic E-state index is 0.669. The molecule has 2 atom stereocenters. The number of hydrogen-bond donors (Lipinski definition) is 0. The van der Waals surface area contributed by atoms with Crippen molar-refractivity contribution in [2.75, 3.05) is 0 Å². The minimum atomic E-state index is 0.669. The van der Waals surface area contributed by atoms with Crippen LogP contribution in [-0.4, -0.2) is 0 Å². The van der Waals surface area contributed by atoms with Crippen molar-refractivity contribution in [3.05, 3.63) is 11.6 Å². The van der Waals surface area contributed by atoms with Gasteiger partial charge in [-0.3, -0.25) is 0 Å². The standard InChI is InChI=1S/C11H18/c1-9-6-8-11(2)7-4-3-5-10(9)11/h6,10H,3-5,7-8H2,1-2H3. The molecule has 0 nitrogen and oxygen atoms in total. The normalized spacial score (nSPS) is 43.5. The summed E-state index contributed by atoms with van der Waals surface area (Å²) in [7, 11) is 0. The second kappa shape index (κ2) is 2.36. The Morgan fingerprint density at radius 1 is 1.45 bits per heavy atom. The van der Waals surface area contributed by atoms with Gasteiger partial charge in [-0.05, 0) is 37.5 Å². The molecule has 62 valence electrons. The highest BCUT2D eigenvalue weighted by molar-refractivity contribution is 5.17. The van der Waals surface area contributed by atoms with Gasteiger partial charge in [0.1, 0.15) is 0 Å². The summed E-state index contributed by atoms with van der Waals surface area (Å²) in [5, 5.41) is 0. The van der Waals surface area contributed by atoms with Crippen LogP contribution in [0.25, 0.3) is 0 Å². The second-order valence-corrected chi connectivity index (χ2v) is 4.60. The predicted octanol–water partition coefficient (Wildman–Crippen LogP) is 3.53. The van der Waals surface area contributed by atoms with Crippen LogP contribution in [0, 0.1) is 11.3 Å². The molecule has 2 rings (SSSR count). The molecule has 0 heterocycles. The van der Waals surface area contributed by atoms with Crippen molar-refractivity contribution in [3.8, 4) is 0 Å². The van der Waals surface area contributed by atoms with Crippen molar-refractivity contribution in [1.29, 1.82) is 0 Å². The average molecular weight is 150 g/mol. The summed E-state index contributed by atoms with van der Waals surface area (Å²) in [6, 6.07) is 0. The van der Waals surface area contributed by atoms with Crippen molar-refractivity contribution in [1.82, 2.24) is 0 Å². The summed E-state index contributed by atoms with van der Waals surface area (Å²) in [4.78, 5) is 0. The molecule has 0 aromatic rings. The molecule has 2 aliphatic carbocycles. The SMILES string of the molecule is CC1=CCC2(C)CCCCC12. The molecule has 0 N–H and O–H groups in total. The summed E-state index contributed by atoms with van der Waals surface area (Å²) in [5.74, 6) is 0.941. The van der Waals surface area contributed by atoms with E-state index in [4.69, 9.17) is 0 Å². The number of rotatable bonds is 0. The Morgan fingerprint density at radius 2 is 2.27 bits per heavy atom. The van der Waals surface area contributed by atoms with Gasteiger partial charge >= 0.3 is 0 Å². The lowest BCUT2D eigenvalue weighted by Crippen LogP contribution is -2.27. The van der Waals surface area contributed by atoms with Crippen LogP contribution >= 0.6 is 0 Å². The fourth-order valence-corrected chi connectivity index (χ4v) is 2.96. The Morgan fingerprint density at radius 3 is 3.00 bits per heavy atom. The summed E-state index contributed by atoms with van der Waals surface area (Å²) >= 11 is 0. The number of hydrogen-bond acceptors (Lipinski definition) is 0. The molecule has 0 heteroatoms. The molecule has 0 aromatic heterocycles. The maximum atomic E-state index is 2.48. The second-order valence-electron chi connectivity index (χ2n) is 4.60. The Labute approximate surface area is 69.7 Å². The third kappa shape index (κ3) is 1.04. The van der Waals surface area contributed by atoms with Gasteiger partial charge in [0.05, 0.1) is 0 Å². The first-order chi connectivity index (χ1) is 5.22. The summed E-state index contributed by atoms with van der Waals surface area (Å²) in [5.41, 5.74) is 2.34. The monoisotopic (exact) mass is 150 g/mol. The highest BCUT2D eigenvalue weighted by atomic mass is 14.4. The Balaban J connectivity index is 2.20. The van der Waals surface area contributed by atoms with E-state index in [-0.39, 0.29) is 0 Å². The Hall–Kier alpha value is -0.260. The van der Waals surface area contributed by atoms with E-state index < -0.39 is 0 Å². The number of fused-ring (bicyclic) bond motifs is 1. The topological polar surface area (TPSA) is 0 Å². The van der Waals surface area contributed by atoms with E-state index in [1.54, 1.807) is 5.57 Å². The van der Waals surface area contributed by atoms with Crippen molar-refractivity contribution < 1.29 is 0 Å².